The number of methoxy groups -OCH3 is 1. The third-order valence-corrected chi connectivity index (χ3v) is 5.25. The highest BCUT2D eigenvalue weighted by atomic mass is 79.9. The number of hydrogen-bond acceptors (Lipinski definition) is 7. The van der Waals surface area contributed by atoms with Crippen LogP contribution < -0.4 is 25.5 Å². The van der Waals surface area contributed by atoms with E-state index < -0.39 is 11.8 Å². The highest BCUT2D eigenvalue weighted by Crippen LogP contribution is 2.36. The SMILES string of the molecule is COc1cc(/C=N\NC(=O)C(=O)NCCCOC(C)C)cc(Br)c1OCC(=O)Nc1ccccc1C. The van der Waals surface area contributed by atoms with Gasteiger partial charge in [0.05, 0.1) is 23.9 Å². The van der Waals surface area contributed by atoms with E-state index in [0.29, 0.717) is 46.8 Å². The lowest BCUT2D eigenvalue weighted by atomic mass is 10.2. The van der Waals surface area contributed by atoms with Crippen LogP contribution in [-0.2, 0) is 19.1 Å². The lowest BCUT2D eigenvalue weighted by Crippen LogP contribution is -2.38. The van der Waals surface area contributed by atoms with Crippen molar-refractivity contribution in [1.82, 2.24) is 10.7 Å². The molecule has 0 aliphatic carbocycles. The van der Waals surface area contributed by atoms with Crippen LogP contribution in [0.15, 0.2) is 46.0 Å². The molecule has 194 valence electrons. The molecule has 11 heteroatoms. The fourth-order valence-corrected chi connectivity index (χ4v) is 3.46. The van der Waals surface area contributed by atoms with Gasteiger partial charge in [-0.3, -0.25) is 14.4 Å². The maximum atomic E-state index is 12.3. The van der Waals surface area contributed by atoms with Crippen LogP contribution in [0.5, 0.6) is 11.5 Å². The van der Waals surface area contributed by atoms with E-state index in [1.54, 1.807) is 12.1 Å². The van der Waals surface area contributed by atoms with Crippen molar-refractivity contribution in [2.24, 2.45) is 5.10 Å². The molecule has 3 amide bonds. The first-order valence-corrected chi connectivity index (χ1v) is 12.1. The molecule has 10 nitrogen and oxygen atoms in total. The van der Waals surface area contributed by atoms with Gasteiger partial charge in [0.25, 0.3) is 5.91 Å². The van der Waals surface area contributed by atoms with E-state index in [1.807, 2.05) is 45.0 Å². The van der Waals surface area contributed by atoms with E-state index in [1.165, 1.54) is 13.3 Å². The van der Waals surface area contributed by atoms with Gasteiger partial charge in [0.15, 0.2) is 18.1 Å². The van der Waals surface area contributed by atoms with E-state index in [9.17, 15) is 14.4 Å². The molecule has 0 saturated carbocycles. The Labute approximate surface area is 218 Å². The fraction of sp³-hybridized carbons (Fsp3) is 0.360. The normalized spacial score (nSPS) is 10.8. The molecular weight excluding hydrogens is 532 g/mol. The third-order valence-electron chi connectivity index (χ3n) is 4.66. The molecule has 2 aromatic rings. The Kier molecular flexibility index (Phi) is 11.9. The highest BCUT2D eigenvalue weighted by Gasteiger charge is 2.15. The molecule has 0 spiro atoms. The predicted octanol–water partition coefficient (Wildman–Crippen LogP) is 3.17. The monoisotopic (exact) mass is 562 g/mol. The number of rotatable bonds is 12. The molecule has 0 heterocycles. The van der Waals surface area contributed by atoms with Crippen LogP contribution in [0.1, 0.15) is 31.4 Å². The fourth-order valence-electron chi connectivity index (χ4n) is 2.88. The van der Waals surface area contributed by atoms with Crippen LogP contribution in [0.25, 0.3) is 0 Å². The average Bonchev–Trinajstić information content (AvgIpc) is 2.83. The number of ether oxygens (including phenoxy) is 3. The number of amides is 3. The number of carbonyl (C=O) groups is 3. The number of para-hydroxylation sites is 1. The van der Waals surface area contributed by atoms with Gasteiger partial charge in [0.2, 0.25) is 0 Å². The zero-order chi connectivity index (χ0) is 26.5. The first-order chi connectivity index (χ1) is 17.2. The number of benzene rings is 2. The Morgan fingerprint density at radius 1 is 1.14 bits per heavy atom. The number of nitrogens with one attached hydrogen (secondary N) is 3. The minimum atomic E-state index is -0.887. The summed E-state index contributed by atoms with van der Waals surface area (Å²) in [6, 6.07) is 10.7. The summed E-state index contributed by atoms with van der Waals surface area (Å²) in [5, 5.41) is 9.11. The summed E-state index contributed by atoms with van der Waals surface area (Å²) >= 11 is 3.40. The Hall–Kier alpha value is -3.44. The van der Waals surface area contributed by atoms with Crippen molar-refractivity contribution in [1.29, 1.82) is 0 Å². The summed E-state index contributed by atoms with van der Waals surface area (Å²) in [5.41, 5.74) is 4.38. The van der Waals surface area contributed by atoms with Crippen LogP contribution in [0.4, 0.5) is 5.69 Å². The Balaban J connectivity index is 1.89. The van der Waals surface area contributed by atoms with Crippen molar-refractivity contribution in [2.75, 3.05) is 32.2 Å². The van der Waals surface area contributed by atoms with E-state index in [0.717, 1.165) is 5.56 Å². The molecule has 0 atom stereocenters. The maximum Gasteiger partial charge on any atom is 0.329 e. The topological polar surface area (TPSA) is 127 Å². The summed E-state index contributed by atoms with van der Waals surface area (Å²) in [5.74, 6) is -1.32. The number of nitrogens with zero attached hydrogens (tertiary/aromatic N) is 1. The molecule has 0 saturated heterocycles. The molecule has 0 bridgehead atoms. The molecule has 2 aromatic carbocycles. The number of aryl methyl sites for hydroxylation is 1. The standard InChI is InChI=1S/C25H31BrN4O6/c1-16(2)35-11-7-10-27-24(32)25(33)30-28-14-18-12-19(26)23(21(13-18)34-4)36-15-22(31)29-20-9-6-5-8-17(20)3/h5-6,8-9,12-14,16H,7,10-11,15H2,1-4H3,(H,27,32)(H,29,31)(H,30,33)/b28-14-. The quantitative estimate of drug-likeness (QED) is 0.158. The van der Waals surface area contributed by atoms with E-state index in [2.05, 4.69) is 37.1 Å². The molecule has 0 fully saturated rings. The summed E-state index contributed by atoms with van der Waals surface area (Å²) in [6.45, 7) is 6.32. The summed E-state index contributed by atoms with van der Waals surface area (Å²) in [6.07, 6.45) is 2.06. The van der Waals surface area contributed by atoms with Gasteiger partial charge in [-0.2, -0.15) is 5.10 Å². The number of halogens is 1. The molecule has 0 aliphatic heterocycles. The highest BCUT2D eigenvalue weighted by molar-refractivity contribution is 9.10. The van der Waals surface area contributed by atoms with E-state index in [-0.39, 0.29) is 18.6 Å². The van der Waals surface area contributed by atoms with Crippen molar-refractivity contribution in [2.45, 2.75) is 33.3 Å². The smallest absolute Gasteiger partial charge is 0.329 e. The Morgan fingerprint density at radius 2 is 1.89 bits per heavy atom. The molecule has 2 rings (SSSR count). The predicted molar refractivity (Wildman–Crippen MR) is 140 cm³/mol. The van der Waals surface area contributed by atoms with Crippen molar-refractivity contribution in [3.63, 3.8) is 0 Å². The first kappa shape index (κ1) is 28.8. The number of carbonyl (C=O) groups excluding carboxylic acids is 3. The zero-order valence-corrected chi connectivity index (χ0v) is 22.3. The van der Waals surface area contributed by atoms with Gasteiger partial charge in [-0.05, 0) is 72.4 Å². The van der Waals surface area contributed by atoms with Gasteiger partial charge in [0, 0.05) is 18.8 Å². The van der Waals surface area contributed by atoms with Crippen molar-refractivity contribution in [3.8, 4) is 11.5 Å². The van der Waals surface area contributed by atoms with Gasteiger partial charge >= 0.3 is 11.8 Å². The second kappa shape index (κ2) is 14.8. The van der Waals surface area contributed by atoms with Gasteiger partial charge in [-0.15, -0.1) is 0 Å². The number of hydrazone groups is 1. The maximum absolute atomic E-state index is 12.3. The van der Waals surface area contributed by atoms with E-state index in [4.69, 9.17) is 14.2 Å². The molecule has 3 N–H and O–H groups in total. The van der Waals surface area contributed by atoms with Crippen molar-refractivity contribution < 1.29 is 28.6 Å². The second-order valence-corrected chi connectivity index (χ2v) is 8.77. The summed E-state index contributed by atoms with van der Waals surface area (Å²) in [7, 11) is 1.46. The molecular formula is C25H31BrN4O6. The lowest BCUT2D eigenvalue weighted by Gasteiger charge is -2.14. The van der Waals surface area contributed by atoms with Gasteiger partial charge in [0.1, 0.15) is 0 Å². The Bertz CT molecular complexity index is 1090. The van der Waals surface area contributed by atoms with Gasteiger partial charge in [-0.1, -0.05) is 18.2 Å². The minimum Gasteiger partial charge on any atom is -0.493 e. The van der Waals surface area contributed by atoms with Crippen LogP contribution in [-0.4, -0.2) is 56.9 Å². The van der Waals surface area contributed by atoms with Crippen LogP contribution in [0.3, 0.4) is 0 Å². The molecule has 0 unspecified atom stereocenters. The molecule has 0 radical (unpaired) electrons. The summed E-state index contributed by atoms with van der Waals surface area (Å²) in [4.78, 5) is 36.0. The van der Waals surface area contributed by atoms with Gasteiger partial charge < -0.3 is 24.8 Å². The Morgan fingerprint density at radius 3 is 2.58 bits per heavy atom. The van der Waals surface area contributed by atoms with Crippen LogP contribution in [0, 0.1) is 6.92 Å². The first-order valence-electron chi connectivity index (χ1n) is 11.3. The lowest BCUT2D eigenvalue weighted by molar-refractivity contribution is -0.139. The zero-order valence-electron chi connectivity index (χ0n) is 20.7. The minimum absolute atomic E-state index is 0.112. The third kappa shape index (κ3) is 9.67. The van der Waals surface area contributed by atoms with Crippen LogP contribution in [0.2, 0.25) is 0 Å². The summed E-state index contributed by atoms with van der Waals surface area (Å²) < 4.78 is 16.9. The van der Waals surface area contributed by atoms with Crippen molar-refractivity contribution in [3.05, 3.63) is 52.0 Å². The number of anilines is 1. The van der Waals surface area contributed by atoms with Crippen LogP contribution >= 0.6 is 15.9 Å². The molecule has 0 aliphatic rings. The largest absolute Gasteiger partial charge is 0.493 e. The van der Waals surface area contributed by atoms with Gasteiger partial charge in [-0.25, -0.2) is 5.43 Å². The molecule has 36 heavy (non-hydrogen) atoms. The average molecular weight is 563 g/mol. The second-order valence-electron chi connectivity index (χ2n) is 7.91. The molecule has 0 aromatic heterocycles. The number of hydrogen-bond donors (Lipinski definition) is 3. The van der Waals surface area contributed by atoms with Crippen molar-refractivity contribution >= 4 is 45.6 Å². The van der Waals surface area contributed by atoms with E-state index >= 15 is 0 Å².